The summed E-state index contributed by atoms with van der Waals surface area (Å²) in [4.78, 5) is 0. The van der Waals surface area contributed by atoms with E-state index in [4.69, 9.17) is 0 Å². The molecule has 0 fully saturated rings. The second-order valence-electron chi connectivity index (χ2n) is 7.89. The van der Waals surface area contributed by atoms with Gasteiger partial charge in [0, 0.05) is 0 Å². The molecule has 0 saturated carbocycles. The molecule has 0 amide bonds. The predicted octanol–water partition coefficient (Wildman–Crippen LogP) is 6.65. The molecule has 0 heteroatoms. The van der Waals surface area contributed by atoms with E-state index < -0.39 is 0 Å². The van der Waals surface area contributed by atoms with Gasteiger partial charge >= 0.3 is 0 Å². The fraction of sp³-hybridized carbons (Fsp3) is 0.111. The molecule has 0 saturated heterocycles. The molecular weight excluding hydrogens is 324 g/mol. The SMILES string of the molecule is Cc1ccc2c(c1)-c1c(C)cccc1C21c2ccccc2-c2ccccc21. The van der Waals surface area contributed by atoms with Gasteiger partial charge in [0.1, 0.15) is 0 Å². The average Bonchev–Trinajstić information content (AvgIpc) is 3.15. The summed E-state index contributed by atoms with van der Waals surface area (Å²) in [6.07, 6.45) is 0. The maximum atomic E-state index is 2.37. The van der Waals surface area contributed by atoms with E-state index in [1.807, 2.05) is 0 Å². The lowest BCUT2D eigenvalue weighted by molar-refractivity contribution is 0.793. The van der Waals surface area contributed by atoms with Crippen LogP contribution in [-0.2, 0) is 5.41 Å². The molecule has 0 atom stereocenters. The van der Waals surface area contributed by atoms with E-state index in [1.54, 1.807) is 0 Å². The van der Waals surface area contributed by atoms with E-state index in [0.717, 1.165) is 0 Å². The molecule has 0 nitrogen and oxygen atoms in total. The highest BCUT2D eigenvalue weighted by Gasteiger charge is 2.51. The van der Waals surface area contributed by atoms with Crippen molar-refractivity contribution in [3.8, 4) is 22.3 Å². The number of aryl methyl sites for hydroxylation is 2. The summed E-state index contributed by atoms with van der Waals surface area (Å²) >= 11 is 0. The lowest BCUT2D eigenvalue weighted by atomic mass is 9.70. The first kappa shape index (κ1) is 15.0. The Labute approximate surface area is 160 Å². The van der Waals surface area contributed by atoms with Crippen molar-refractivity contribution in [3.63, 3.8) is 0 Å². The molecule has 128 valence electrons. The first-order valence-corrected chi connectivity index (χ1v) is 9.64. The number of fused-ring (bicyclic) bond motifs is 10. The van der Waals surface area contributed by atoms with Crippen LogP contribution in [0.4, 0.5) is 0 Å². The van der Waals surface area contributed by atoms with Gasteiger partial charge in [-0.15, -0.1) is 0 Å². The van der Waals surface area contributed by atoms with Gasteiger partial charge in [-0.05, 0) is 63.9 Å². The van der Waals surface area contributed by atoms with Crippen LogP contribution in [0.2, 0.25) is 0 Å². The van der Waals surface area contributed by atoms with Crippen molar-refractivity contribution in [2.24, 2.45) is 0 Å². The highest BCUT2D eigenvalue weighted by molar-refractivity contribution is 5.95. The van der Waals surface area contributed by atoms with E-state index in [1.165, 1.54) is 55.6 Å². The Balaban J connectivity index is 1.88. The second-order valence-corrected chi connectivity index (χ2v) is 7.89. The van der Waals surface area contributed by atoms with E-state index >= 15 is 0 Å². The molecular formula is C27H20. The highest BCUT2D eigenvalue weighted by Crippen LogP contribution is 2.63. The molecule has 2 aliphatic rings. The maximum Gasteiger partial charge on any atom is 0.0725 e. The highest BCUT2D eigenvalue weighted by atomic mass is 14.5. The monoisotopic (exact) mass is 344 g/mol. The molecule has 0 N–H and O–H groups in total. The predicted molar refractivity (Wildman–Crippen MR) is 112 cm³/mol. The zero-order chi connectivity index (χ0) is 18.2. The lowest BCUT2D eigenvalue weighted by Crippen LogP contribution is -2.25. The molecule has 0 unspecified atom stereocenters. The topological polar surface area (TPSA) is 0 Å². The fourth-order valence-corrected chi connectivity index (χ4v) is 5.49. The molecule has 0 aromatic heterocycles. The van der Waals surface area contributed by atoms with Crippen molar-refractivity contribution < 1.29 is 0 Å². The van der Waals surface area contributed by atoms with Crippen molar-refractivity contribution in [2.75, 3.05) is 0 Å². The summed E-state index contributed by atoms with van der Waals surface area (Å²) in [6.45, 7) is 4.44. The van der Waals surface area contributed by atoms with E-state index in [0.29, 0.717) is 0 Å². The third-order valence-electron chi connectivity index (χ3n) is 6.48. The van der Waals surface area contributed by atoms with Crippen LogP contribution < -0.4 is 0 Å². The van der Waals surface area contributed by atoms with Crippen molar-refractivity contribution in [1.29, 1.82) is 0 Å². The second kappa shape index (κ2) is 4.98. The minimum atomic E-state index is -0.197. The Kier molecular flexibility index (Phi) is 2.77. The summed E-state index contributed by atoms with van der Waals surface area (Å²) in [6, 6.07) is 31.7. The quantitative estimate of drug-likeness (QED) is 0.289. The van der Waals surface area contributed by atoms with Gasteiger partial charge in [-0.3, -0.25) is 0 Å². The van der Waals surface area contributed by atoms with Crippen LogP contribution in [0.5, 0.6) is 0 Å². The van der Waals surface area contributed by atoms with Crippen molar-refractivity contribution >= 4 is 0 Å². The Morgan fingerprint density at radius 1 is 0.519 bits per heavy atom. The molecule has 0 radical (unpaired) electrons. The summed E-state index contributed by atoms with van der Waals surface area (Å²) in [5.74, 6) is 0. The third-order valence-corrected chi connectivity index (χ3v) is 6.48. The summed E-state index contributed by atoms with van der Waals surface area (Å²) in [5.41, 5.74) is 13.7. The first-order valence-electron chi connectivity index (χ1n) is 9.64. The summed E-state index contributed by atoms with van der Waals surface area (Å²) < 4.78 is 0. The smallest absolute Gasteiger partial charge is 0.0619 e. The van der Waals surface area contributed by atoms with Crippen molar-refractivity contribution in [2.45, 2.75) is 19.3 Å². The minimum absolute atomic E-state index is 0.197. The van der Waals surface area contributed by atoms with E-state index in [-0.39, 0.29) is 5.41 Å². The van der Waals surface area contributed by atoms with E-state index in [2.05, 4.69) is 98.8 Å². The van der Waals surface area contributed by atoms with Crippen molar-refractivity contribution in [1.82, 2.24) is 0 Å². The molecule has 27 heavy (non-hydrogen) atoms. The van der Waals surface area contributed by atoms with Gasteiger partial charge in [0.2, 0.25) is 0 Å². The van der Waals surface area contributed by atoms with Gasteiger partial charge in [-0.2, -0.15) is 0 Å². The van der Waals surface area contributed by atoms with Gasteiger partial charge in [0.05, 0.1) is 5.41 Å². The van der Waals surface area contributed by atoms with Crippen LogP contribution in [0.3, 0.4) is 0 Å². The van der Waals surface area contributed by atoms with Crippen LogP contribution in [0.15, 0.2) is 84.9 Å². The number of benzene rings is 4. The Hall–Kier alpha value is -3.12. The molecule has 6 rings (SSSR count). The molecule has 1 spiro atoms. The molecule has 2 aliphatic carbocycles. The Bertz CT molecular complexity index is 1200. The first-order chi connectivity index (χ1) is 13.2. The van der Waals surface area contributed by atoms with Crippen LogP contribution in [0.1, 0.15) is 33.4 Å². The Morgan fingerprint density at radius 2 is 1.11 bits per heavy atom. The van der Waals surface area contributed by atoms with Gasteiger partial charge in [0.25, 0.3) is 0 Å². The maximum absolute atomic E-state index is 2.37. The van der Waals surface area contributed by atoms with Crippen LogP contribution in [0.25, 0.3) is 22.3 Å². The zero-order valence-corrected chi connectivity index (χ0v) is 15.6. The molecule has 0 heterocycles. The third kappa shape index (κ3) is 1.64. The molecule has 4 aromatic carbocycles. The molecule has 4 aromatic rings. The van der Waals surface area contributed by atoms with Crippen LogP contribution in [0, 0.1) is 13.8 Å². The molecule has 0 aliphatic heterocycles. The van der Waals surface area contributed by atoms with Crippen LogP contribution >= 0.6 is 0 Å². The summed E-state index contributed by atoms with van der Waals surface area (Å²) in [5, 5.41) is 0. The minimum Gasteiger partial charge on any atom is -0.0619 e. The van der Waals surface area contributed by atoms with Gasteiger partial charge in [-0.1, -0.05) is 90.5 Å². The zero-order valence-electron chi connectivity index (χ0n) is 15.6. The average molecular weight is 344 g/mol. The van der Waals surface area contributed by atoms with Gasteiger partial charge < -0.3 is 0 Å². The van der Waals surface area contributed by atoms with Crippen molar-refractivity contribution in [3.05, 3.63) is 118 Å². The number of hydrogen-bond donors (Lipinski definition) is 0. The largest absolute Gasteiger partial charge is 0.0725 e. The number of rotatable bonds is 0. The molecule has 0 bridgehead atoms. The lowest BCUT2D eigenvalue weighted by Gasteiger charge is -2.30. The summed E-state index contributed by atoms with van der Waals surface area (Å²) in [7, 11) is 0. The standard InChI is InChI=1S/C27H20/c1-17-14-15-24-21(16-17)26-18(2)8-7-13-25(26)27(24)22-11-5-3-9-19(22)20-10-4-6-12-23(20)27/h3-16H,1-2H3. The number of hydrogen-bond acceptors (Lipinski definition) is 0. The normalized spacial score (nSPS) is 14.6. The van der Waals surface area contributed by atoms with Gasteiger partial charge in [-0.25, -0.2) is 0 Å². The van der Waals surface area contributed by atoms with Gasteiger partial charge in [0.15, 0.2) is 0 Å². The van der Waals surface area contributed by atoms with Crippen LogP contribution in [-0.4, -0.2) is 0 Å². The fourth-order valence-electron chi connectivity index (χ4n) is 5.49. The Morgan fingerprint density at radius 3 is 1.81 bits per heavy atom. The van der Waals surface area contributed by atoms with E-state index in [9.17, 15) is 0 Å².